The number of aryl methyl sites for hydroxylation is 3. The van der Waals surface area contributed by atoms with Gasteiger partial charge >= 0.3 is 0 Å². The van der Waals surface area contributed by atoms with Crippen molar-refractivity contribution in [3.63, 3.8) is 0 Å². The first-order valence-corrected chi connectivity index (χ1v) is 6.48. The molecule has 4 nitrogen and oxygen atoms in total. The summed E-state index contributed by atoms with van der Waals surface area (Å²) in [5.41, 5.74) is 11.4. The van der Waals surface area contributed by atoms with Crippen LogP contribution in [0.25, 0.3) is 0 Å². The molecule has 0 bridgehead atoms. The van der Waals surface area contributed by atoms with E-state index >= 15 is 0 Å². The fourth-order valence-corrected chi connectivity index (χ4v) is 2.42. The largest absolute Gasteiger partial charge is 0.320 e. The van der Waals surface area contributed by atoms with Crippen molar-refractivity contribution in [2.24, 2.45) is 5.73 Å². The second-order valence-corrected chi connectivity index (χ2v) is 5.14. The van der Waals surface area contributed by atoms with Crippen molar-refractivity contribution in [1.29, 1.82) is 0 Å². The van der Waals surface area contributed by atoms with Gasteiger partial charge in [-0.15, -0.1) is 0 Å². The van der Waals surface area contributed by atoms with Crippen LogP contribution in [-0.2, 0) is 0 Å². The lowest BCUT2D eigenvalue weighted by atomic mass is 9.92. The lowest BCUT2D eigenvalue weighted by molar-refractivity contribution is -0.384. The zero-order chi connectivity index (χ0) is 14.9. The first-order chi connectivity index (χ1) is 9.40. The van der Waals surface area contributed by atoms with Crippen molar-refractivity contribution in [3.05, 3.63) is 74.3 Å². The lowest BCUT2D eigenvalue weighted by Crippen LogP contribution is -2.15. The van der Waals surface area contributed by atoms with Crippen molar-refractivity contribution in [3.8, 4) is 0 Å². The Labute approximate surface area is 118 Å². The molecular weight excluding hydrogens is 252 g/mol. The number of hydrogen-bond donors (Lipinski definition) is 1. The van der Waals surface area contributed by atoms with Crippen LogP contribution in [-0.4, -0.2) is 4.92 Å². The standard InChI is InChI=1S/C16H18N2O2/c1-10-4-7-14(12(3)8-10)16(17)15-9-13(18(19)20)6-5-11(15)2/h4-9,16H,17H2,1-3H3. The molecule has 1 unspecified atom stereocenters. The summed E-state index contributed by atoms with van der Waals surface area (Å²) in [6.07, 6.45) is 0. The molecule has 0 amide bonds. The molecule has 4 heteroatoms. The zero-order valence-corrected chi connectivity index (χ0v) is 11.9. The predicted molar refractivity (Wildman–Crippen MR) is 79.8 cm³/mol. The molecule has 0 aliphatic heterocycles. The van der Waals surface area contributed by atoms with Crippen molar-refractivity contribution in [2.45, 2.75) is 26.8 Å². The minimum absolute atomic E-state index is 0.0748. The summed E-state index contributed by atoms with van der Waals surface area (Å²) in [6, 6.07) is 10.5. The Bertz CT molecular complexity index is 666. The van der Waals surface area contributed by atoms with Gasteiger partial charge < -0.3 is 5.73 Å². The molecule has 0 radical (unpaired) electrons. The second kappa shape index (κ2) is 5.43. The molecule has 1 atom stereocenters. The molecule has 0 aromatic heterocycles. The molecule has 2 aromatic rings. The van der Waals surface area contributed by atoms with Gasteiger partial charge in [-0.1, -0.05) is 29.8 Å². The van der Waals surface area contributed by atoms with E-state index in [1.807, 2.05) is 32.9 Å². The van der Waals surface area contributed by atoms with E-state index < -0.39 is 4.92 Å². The van der Waals surface area contributed by atoms with Gasteiger partial charge in [-0.3, -0.25) is 10.1 Å². The smallest absolute Gasteiger partial charge is 0.269 e. The third kappa shape index (κ3) is 2.70. The first-order valence-electron chi connectivity index (χ1n) is 6.48. The van der Waals surface area contributed by atoms with E-state index in [1.165, 1.54) is 11.6 Å². The van der Waals surface area contributed by atoms with E-state index in [4.69, 9.17) is 5.73 Å². The van der Waals surface area contributed by atoms with E-state index in [2.05, 4.69) is 6.07 Å². The van der Waals surface area contributed by atoms with E-state index in [0.717, 1.165) is 22.3 Å². The number of non-ortho nitro benzene ring substituents is 1. The Hall–Kier alpha value is -2.20. The molecule has 0 aliphatic rings. The predicted octanol–water partition coefficient (Wildman–Crippen LogP) is 3.57. The average Bonchev–Trinajstić information content (AvgIpc) is 2.38. The molecule has 0 fully saturated rings. The van der Waals surface area contributed by atoms with Gasteiger partial charge in [0.15, 0.2) is 0 Å². The van der Waals surface area contributed by atoms with Gasteiger partial charge in [0.25, 0.3) is 5.69 Å². The summed E-state index contributed by atoms with van der Waals surface area (Å²) < 4.78 is 0. The summed E-state index contributed by atoms with van der Waals surface area (Å²) >= 11 is 0. The number of rotatable bonds is 3. The number of nitro groups is 1. The molecule has 0 spiro atoms. The Morgan fingerprint density at radius 3 is 2.30 bits per heavy atom. The van der Waals surface area contributed by atoms with E-state index in [1.54, 1.807) is 12.1 Å². The van der Waals surface area contributed by atoms with Gasteiger partial charge in [0.1, 0.15) is 0 Å². The van der Waals surface area contributed by atoms with Crippen LogP contribution in [0.3, 0.4) is 0 Å². The van der Waals surface area contributed by atoms with E-state index in [9.17, 15) is 10.1 Å². The highest BCUT2D eigenvalue weighted by molar-refractivity contribution is 5.46. The average molecular weight is 270 g/mol. The maximum atomic E-state index is 10.9. The first kappa shape index (κ1) is 14.2. The number of nitro benzene ring substituents is 1. The van der Waals surface area contributed by atoms with Gasteiger partial charge in [0.2, 0.25) is 0 Å². The monoisotopic (exact) mass is 270 g/mol. The number of nitrogens with two attached hydrogens (primary N) is 1. The Morgan fingerprint density at radius 2 is 1.70 bits per heavy atom. The normalized spacial score (nSPS) is 12.2. The van der Waals surface area contributed by atoms with Crippen LogP contribution in [0.1, 0.15) is 33.9 Å². The third-order valence-corrected chi connectivity index (χ3v) is 3.57. The second-order valence-electron chi connectivity index (χ2n) is 5.14. The van der Waals surface area contributed by atoms with Crippen LogP contribution in [0.2, 0.25) is 0 Å². The highest BCUT2D eigenvalue weighted by Gasteiger charge is 2.17. The molecule has 2 rings (SSSR count). The number of nitrogens with zero attached hydrogens (tertiary/aromatic N) is 1. The Morgan fingerprint density at radius 1 is 1.00 bits per heavy atom. The third-order valence-electron chi connectivity index (χ3n) is 3.57. The van der Waals surface area contributed by atoms with Crippen LogP contribution in [0.5, 0.6) is 0 Å². The molecular formula is C16H18N2O2. The van der Waals surface area contributed by atoms with Crippen molar-refractivity contribution < 1.29 is 4.92 Å². The number of hydrogen-bond acceptors (Lipinski definition) is 3. The maximum absolute atomic E-state index is 10.9. The molecule has 104 valence electrons. The highest BCUT2D eigenvalue weighted by atomic mass is 16.6. The fourth-order valence-electron chi connectivity index (χ4n) is 2.42. The minimum atomic E-state index is -0.391. The maximum Gasteiger partial charge on any atom is 0.269 e. The van der Waals surface area contributed by atoms with Crippen LogP contribution in [0, 0.1) is 30.9 Å². The summed E-state index contributed by atoms with van der Waals surface area (Å²) in [5.74, 6) is 0. The van der Waals surface area contributed by atoms with Gasteiger partial charge in [-0.2, -0.15) is 0 Å². The number of benzene rings is 2. The molecule has 0 saturated heterocycles. The zero-order valence-electron chi connectivity index (χ0n) is 11.9. The minimum Gasteiger partial charge on any atom is -0.320 e. The van der Waals surface area contributed by atoms with Crippen LogP contribution >= 0.6 is 0 Å². The van der Waals surface area contributed by atoms with Crippen molar-refractivity contribution in [2.75, 3.05) is 0 Å². The Balaban J connectivity index is 2.49. The van der Waals surface area contributed by atoms with Crippen molar-refractivity contribution in [1.82, 2.24) is 0 Å². The summed E-state index contributed by atoms with van der Waals surface area (Å²) in [4.78, 5) is 10.5. The summed E-state index contributed by atoms with van der Waals surface area (Å²) in [6.45, 7) is 5.96. The lowest BCUT2D eigenvalue weighted by Gasteiger charge is -2.17. The Kier molecular flexibility index (Phi) is 3.86. The molecule has 0 aliphatic carbocycles. The molecule has 20 heavy (non-hydrogen) atoms. The van der Waals surface area contributed by atoms with Gasteiger partial charge in [-0.05, 0) is 43.0 Å². The van der Waals surface area contributed by atoms with Crippen LogP contribution < -0.4 is 5.73 Å². The van der Waals surface area contributed by atoms with Gasteiger partial charge in [-0.25, -0.2) is 0 Å². The SMILES string of the molecule is Cc1ccc(C(N)c2cc([N+](=O)[O-])ccc2C)c(C)c1. The molecule has 0 saturated carbocycles. The molecule has 0 heterocycles. The van der Waals surface area contributed by atoms with Crippen molar-refractivity contribution >= 4 is 5.69 Å². The quantitative estimate of drug-likeness (QED) is 0.684. The highest BCUT2D eigenvalue weighted by Crippen LogP contribution is 2.28. The fraction of sp³-hybridized carbons (Fsp3) is 0.250. The topological polar surface area (TPSA) is 69.2 Å². The summed E-state index contributed by atoms with van der Waals surface area (Å²) in [5, 5.41) is 10.9. The van der Waals surface area contributed by atoms with Gasteiger partial charge in [0, 0.05) is 12.1 Å². The molecule has 2 N–H and O–H groups in total. The van der Waals surface area contributed by atoms with E-state index in [0.29, 0.717) is 0 Å². The molecule has 2 aromatic carbocycles. The van der Waals surface area contributed by atoms with Crippen LogP contribution in [0.4, 0.5) is 5.69 Å². The summed E-state index contributed by atoms with van der Waals surface area (Å²) in [7, 11) is 0. The van der Waals surface area contributed by atoms with Crippen LogP contribution in [0.15, 0.2) is 36.4 Å². The van der Waals surface area contributed by atoms with E-state index in [-0.39, 0.29) is 11.7 Å². The van der Waals surface area contributed by atoms with Gasteiger partial charge in [0.05, 0.1) is 11.0 Å².